The van der Waals surface area contributed by atoms with Gasteiger partial charge in [0.1, 0.15) is 12.9 Å². The molecule has 0 aliphatic carbocycles. The van der Waals surface area contributed by atoms with Gasteiger partial charge in [-0.3, -0.25) is 0 Å². The van der Waals surface area contributed by atoms with E-state index in [4.69, 9.17) is 9.47 Å². The van der Waals surface area contributed by atoms with Crippen molar-refractivity contribution >= 4 is 23.4 Å². The molecule has 0 atom stereocenters. The molecule has 0 unspecified atom stereocenters. The van der Waals surface area contributed by atoms with Gasteiger partial charge in [0.25, 0.3) is 0 Å². The van der Waals surface area contributed by atoms with Crippen molar-refractivity contribution in [3.8, 4) is 11.5 Å². The predicted octanol–water partition coefficient (Wildman–Crippen LogP) is 3.33. The van der Waals surface area contributed by atoms with Gasteiger partial charge in [-0.1, -0.05) is 18.2 Å². The van der Waals surface area contributed by atoms with E-state index in [1.54, 1.807) is 18.1 Å². The van der Waals surface area contributed by atoms with Gasteiger partial charge in [-0.2, -0.15) is 0 Å². The highest BCUT2D eigenvalue weighted by atomic mass is 32.2. The number of nitrogens with zero attached hydrogens (tertiary/aromatic N) is 4. The van der Waals surface area contributed by atoms with Crippen LogP contribution in [0, 0.1) is 0 Å². The zero-order valence-corrected chi connectivity index (χ0v) is 18.3. The maximum Gasteiger partial charge on any atom is 0.196 e. The molecule has 0 amide bonds. The quantitative estimate of drug-likeness (QED) is 0.253. The molecule has 0 radical (unpaired) electrons. The SMILES string of the molecule is Cn1cnnc1CN=C(NCCSc1ccccc1)Nc1ccc2c(c1)OCCCO2. The fourth-order valence-electron chi connectivity index (χ4n) is 2.97. The Balaban J connectivity index is 1.41. The average Bonchev–Trinajstić information content (AvgIpc) is 3.06. The fraction of sp³-hybridized carbons (Fsp3) is 0.318. The first kappa shape index (κ1) is 21.0. The first-order valence-corrected chi connectivity index (χ1v) is 11.2. The number of rotatable bonds is 7. The third-order valence-corrected chi connectivity index (χ3v) is 5.61. The van der Waals surface area contributed by atoms with E-state index in [-0.39, 0.29) is 0 Å². The normalized spacial score (nSPS) is 13.5. The maximum atomic E-state index is 5.80. The third kappa shape index (κ3) is 6.14. The smallest absolute Gasteiger partial charge is 0.196 e. The van der Waals surface area contributed by atoms with Gasteiger partial charge in [0.05, 0.1) is 13.2 Å². The Morgan fingerprint density at radius 3 is 2.77 bits per heavy atom. The number of aliphatic imine (C=N–C) groups is 1. The predicted molar refractivity (Wildman–Crippen MR) is 123 cm³/mol. The van der Waals surface area contributed by atoms with Crippen molar-refractivity contribution in [1.29, 1.82) is 0 Å². The molecule has 1 aliphatic rings. The molecule has 8 nitrogen and oxygen atoms in total. The third-order valence-electron chi connectivity index (χ3n) is 4.60. The van der Waals surface area contributed by atoms with Crippen LogP contribution in [0.2, 0.25) is 0 Å². The summed E-state index contributed by atoms with van der Waals surface area (Å²) in [4.78, 5) is 5.94. The second-order valence-electron chi connectivity index (χ2n) is 6.95. The van der Waals surface area contributed by atoms with Gasteiger partial charge in [0.15, 0.2) is 23.3 Å². The number of aryl methyl sites for hydroxylation is 1. The highest BCUT2D eigenvalue weighted by molar-refractivity contribution is 7.99. The molecule has 4 rings (SSSR count). The van der Waals surface area contributed by atoms with Gasteiger partial charge in [0, 0.05) is 42.4 Å². The Bertz CT molecular complexity index is 1010. The molecule has 162 valence electrons. The number of nitrogens with one attached hydrogen (secondary N) is 2. The molecule has 2 aromatic carbocycles. The van der Waals surface area contributed by atoms with Crippen molar-refractivity contribution in [3.63, 3.8) is 0 Å². The van der Waals surface area contributed by atoms with E-state index in [0.717, 1.165) is 41.7 Å². The van der Waals surface area contributed by atoms with Gasteiger partial charge >= 0.3 is 0 Å². The van der Waals surface area contributed by atoms with E-state index in [1.807, 2.05) is 35.9 Å². The first-order chi connectivity index (χ1) is 15.3. The van der Waals surface area contributed by atoms with E-state index in [2.05, 4.69) is 50.1 Å². The molecule has 0 bridgehead atoms. The molecular weight excluding hydrogens is 412 g/mol. The van der Waals surface area contributed by atoms with Crippen LogP contribution in [0.4, 0.5) is 5.69 Å². The molecule has 2 heterocycles. The van der Waals surface area contributed by atoms with Crippen molar-refractivity contribution in [3.05, 3.63) is 60.7 Å². The number of anilines is 1. The minimum absolute atomic E-state index is 0.419. The van der Waals surface area contributed by atoms with Crippen LogP contribution >= 0.6 is 11.8 Å². The van der Waals surface area contributed by atoms with Crippen LogP contribution in [0.3, 0.4) is 0 Å². The fourth-order valence-corrected chi connectivity index (χ4v) is 3.76. The number of fused-ring (bicyclic) bond motifs is 1. The Labute approximate surface area is 186 Å². The van der Waals surface area contributed by atoms with Gasteiger partial charge in [0.2, 0.25) is 0 Å². The summed E-state index contributed by atoms with van der Waals surface area (Å²) in [7, 11) is 1.91. The lowest BCUT2D eigenvalue weighted by Gasteiger charge is -2.14. The topological polar surface area (TPSA) is 85.6 Å². The lowest BCUT2D eigenvalue weighted by atomic mass is 10.3. The van der Waals surface area contributed by atoms with Crippen molar-refractivity contribution in [2.75, 3.05) is 30.8 Å². The van der Waals surface area contributed by atoms with E-state index in [0.29, 0.717) is 25.7 Å². The summed E-state index contributed by atoms with van der Waals surface area (Å²) >= 11 is 1.80. The van der Waals surface area contributed by atoms with Crippen LogP contribution in [-0.2, 0) is 13.6 Å². The van der Waals surface area contributed by atoms with Crippen LogP contribution in [0.15, 0.2) is 64.7 Å². The summed E-state index contributed by atoms with van der Waals surface area (Å²) in [5, 5.41) is 14.8. The number of hydrogen-bond acceptors (Lipinski definition) is 6. The molecule has 0 fully saturated rings. The number of hydrogen-bond donors (Lipinski definition) is 2. The summed E-state index contributed by atoms with van der Waals surface area (Å²) < 4.78 is 13.4. The lowest BCUT2D eigenvalue weighted by Crippen LogP contribution is -2.32. The molecule has 0 saturated heterocycles. The maximum absolute atomic E-state index is 5.80. The number of aromatic nitrogens is 3. The van der Waals surface area contributed by atoms with Gasteiger partial charge in [-0.25, -0.2) is 4.99 Å². The second-order valence-corrected chi connectivity index (χ2v) is 8.12. The Morgan fingerprint density at radius 1 is 1.13 bits per heavy atom. The standard InChI is InChI=1S/C22H26N6O2S/c1-28-16-25-27-21(28)15-24-22(23-10-13-31-18-6-3-2-4-7-18)26-17-8-9-19-20(14-17)30-12-5-11-29-19/h2-4,6-9,14,16H,5,10-13,15H2,1H3,(H2,23,24,26). The molecule has 1 aliphatic heterocycles. The minimum atomic E-state index is 0.419. The largest absolute Gasteiger partial charge is 0.490 e. The highest BCUT2D eigenvalue weighted by Gasteiger charge is 2.12. The van der Waals surface area contributed by atoms with Crippen LogP contribution in [-0.4, -0.2) is 46.2 Å². The van der Waals surface area contributed by atoms with Gasteiger partial charge in [-0.05, 0) is 24.3 Å². The number of guanidine groups is 1. The monoisotopic (exact) mass is 438 g/mol. The zero-order chi connectivity index (χ0) is 21.3. The van der Waals surface area contributed by atoms with Crippen molar-refractivity contribution in [2.45, 2.75) is 17.9 Å². The number of benzene rings is 2. The van der Waals surface area contributed by atoms with Crippen molar-refractivity contribution in [1.82, 2.24) is 20.1 Å². The summed E-state index contributed by atoms with van der Waals surface area (Å²) in [5.74, 6) is 3.89. The summed E-state index contributed by atoms with van der Waals surface area (Å²) in [5.41, 5.74) is 0.879. The molecule has 2 N–H and O–H groups in total. The lowest BCUT2D eigenvalue weighted by molar-refractivity contribution is 0.297. The summed E-state index contributed by atoms with van der Waals surface area (Å²) in [6.45, 7) is 2.50. The first-order valence-electron chi connectivity index (χ1n) is 10.2. The van der Waals surface area contributed by atoms with Crippen LogP contribution in [0.5, 0.6) is 11.5 Å². The summed E-state index contributed by atoms with van der Waals surface area (Å²) in [6.07, 6.45) is 2.55. The average molecular weight is 439 g/mol. The van der Waals surface area contributed by atoms with E-state index in [9.17, 15) is 0 Å². The molecule has 0 spiro atoms. The van der Waals surface area contributed by atoms with E-state index >= 15 is 0 Å². The number of ether oxygens (including phenoxy) is 2. The minimum Gasteiger partial charge on any atom is -0.490 e. The highest BCUT2D eigenvalue weighted by Crippen LogP contribution is 2.32. The van der Waals surface area contributed by atoms with Crippen LogP contribution in [0.1, 0.15) is 12.2 Å². The zero-order valence-electron chi connectivity index (χ0n) is 17.5. The van der Waals surface area contributed by atoms with E-state index in [1.165, 1.54) is 4.90 Å². The van der Waals surface area contributed by atoms with E-state index < -0.39 is 0 Å². The van der Waals surface area contributed by atoms with Gasteiger partial charge < -0.3 is 24.7 Å². The molecule has 0 saturated carbocycles. The summed E-state index contributed by atoms with van der Waals surface area (Å²) in [6, 6.07) is 16.2. The van der Waals surface area contributed by atoms with Crippen molar-refractivity contribution < 1.29 is 9.47 Å². The Morgan fingerprint density at radius 2 is 1.97 bits per heavy atom. The molecular formula is C22H26N6O2S. The van der Waals surface area contributed by atoms with Gasteiger partial charge in [-0.15, -0.1) is 22.0 Å². The van der Waals surface area contributed by atoms with Crippen LogP contribution < -0.4 is 20.1 Å². The van der Waals surface area contributed by atoms with Crippen molar-refractivity contribution in [2.24, 2.45) is 12.0 Å². The van der Waals surface area contributed by atoms with Crippen LogP contribution in [0.25, 0.3) is 0 Å². The second kappa shape index (κ2) is 10.7. The molecule has 9 heteroatoms. The molecule has 1 aromatic heterocycles. The molecule has 31 heavy (non-hydrogen) atoms. The number of thioether (sulfide) groups is 1. The Kier molecular flexibility index (Phi) is 7.28. The molecule has 3 aromatic rings. The Hall–Kier alpha value is -3.20.